The summed E-state index contributed by atoms with van der Waals surface area (Å²) in [5.74, 6) is 1.92. The van der Waals surface area contributed by atoms with Gasteiger partial charge in [-0.3, -0.25) is 0 Å². The molecule has 162 valence electrons. The third-order valence-corrected chi connectivity index (χ3v) is 5.81. The van der Waals surface area contributed by atoms with Crippen molar-refractivity contribution in [1.82, 2.24) is 9.55 Å². The molecule has 0 saturated carbocycles. The molecule has 0 aliphatic carbocycles. The molecule has 0 unspecified atom stereocenters. The van der Waals surface area contributed by atoms with Crippen LogP contribution in [0.25, 0.3) is 11.0 Å². The standard InChI is InChI=1S/C27H38N2O/c1-5-6-7-8-9-10-13-20-29-25-15-12-11-14-24(25)28-26(29)21-30-23-18-16-22(17-19-23)27(2,3)4/h11-12,14-19H,5-10,13,20-21H2,1-4H3. The Balaban J connectivity index is 1.62. The average Bonchev–Trinajstić information content (AvgIpc) is 3.09. The van der Waals surface area contributed by atoms with Crippen LogP contribution in [0.15, 0.2) is 48.5 Å². The molecule has 0 saturated heterocycles. The van der Waals surface area contributed by atoms with E-state index in [0.717, 1.165) is 23.6 Å². The largest absolute Gasteiger partial charge is 0.486 e. The van der Waals surface area contributed by atoms with Crippen molar-refractivity contribution in [3.8, 4) is 5.75 Å². The van der Waals surface area contributed by atoms with E-state index < -0.39 is 0 Å². The number of aryl methyl sites for hydroxylation is 1. The van der Waals surface area contributed by atoms with Crippen LogP contribution in [0, 0.1) is 0 Å². The zero-order chi connectivity index (χ0) is 21.4. The van der Waals surface area contributed by atoms with Crippen molar-refractivity contribution in [3.05, 3.63) is 59.9 Å². The molecule has 1 aromatic heterocycles. The molecule has 0 aliphatic heterocycles. The van der Waals surface area contributed by atoms with E-state index in [-0.39, 0.29) is 5.41 Å². The number of para-hydroxylation sites is 2. The minimum Gasteiger partial charge on any atom is -0.486 e. The summed E-state index contributed by atoms with van der Waals surface area (Å²) in [6.45, 7) is 10.5. The van der Waals surface area contributed by atoms with Gasteiger partial charge in [-0.15, -0.1) is 0 Å². The molecule has 0 fully saturated rings. The highest BCUT2D eigenvalue weighted by molar-refractivity contribution is 5.75. The Labute approximate surface area is 182 Å². The fraction of sp³-hybridized carbons (Fsp3) is 0.519. The zero-order valence-corrected chi connectivity index (χ0v) is 19.3. The minimum absolute atomic E-state index is 0.156. The maximum absolute atomic E-state index is 6.12. The number of ether oxygens (including phenoxy) is 1. The quantitative estimate of drug-likeness (QED) is 0.306. The lowest BCUT2D eigenvalue weighted by molar-refractivity contribution is 0.289. The number of imidazole rings is 1. The van der Waals surface area contributed by atoms with Crippen LogP contribution >= 0.6 is 0 Å². The minimum atomic E-state index is 0.156. The van der Waals surface area contributed by atoms with E-state index >= 15 is 0 Å². The second-order valence-electron chi connectivity index (χ2n) is 9.35. The first kappa shape index (κ1) is 22.4. The smallest absolute Gasteiger partial charge is 0.147 e. The molecule has 0 atom stereocenters. The molecule has 0 spiro atoms. The summed E-state index contributed by atoms with van der Waals surface area (Å²) in [5, 5.41) is 0. The van der Waals surface area contributed by atoms with E-state index in [0.29, 0.717) is 6.61 Å². The Bertz CT molecular complexity index is 903. The molecular formula is C27H38N2O. The van der Waals surface area contributed by atoms with Gasteiger partial charge in [0.2, 0.25) is 0 Å². The van der Waals surface area contributed by atoms with Crippen molar-refractivity contribution < 1.29 is 4.74 Å². The first-order valence-corrected chi connectivity index (χ1v) is 11.7. The lowest BCUT2D eigenvalue weighted by Crippen LogP contribution is -2.11. The summed E-state index contributed by atoms with van der Waals surface area (Å²) in [6, 6.07) is 16.9. The molecule has 3 heteroatoms. The van der Waals surface area contributed by atoms with Crippen LogP contribution in [0.4, 0.5) is 0 Å². The van der Waals surface area contributed by atoms with Crippen LogP contribution in [0.5, 0.6) is 5.75 Å². The number of aromatic nitrogens is 2. The van der Waals surface area contributed by atoms with Gasteiger partial charge in [-0.05, 0) is 41.7 Å². The Morgan fingerprint density at radius 3 is 2.20 bits per heavy atom. The van der Waals surface area contributed by atoms with Gasteiger partial charge in [0.1, 0.15) is 18.2 Å². The third-order valence-electron chi connectivity index (χ3n) is 5.81. The Kier molecular flexibility index (Phi) is 7.95. The predicted octanol–water partition coefficient (Wildman–Crippen LogP) is 7.66. The van der Waals surface area contributed by atoms with Crippen molar-refractivity contribution in [1.29, 1.82) is 0 Å². The summed E-state index contributed by atoms with van der Waals surface area (Å²) in [5.41, 5.74) is 3.75. The van der Waals surface area contributed by atoms with Gasteiger partial charge in [0.25, 0.3) is 0 Å². The zero-order valence-electron chi connectivity index (χ0n) is 19.3. The highest BCUT2D eigenvalue weighted by atomic mass is 16.5. The van der Waals surface area contributed by atoms with E-state index in [1.807, 2.05) is 0 Å². The Morgan fingerprint density at radius 2 is 1.50 bits per heavy atom. The van der Waals surface area contributed by atoms with E-state index in [9.17, 15) is 0 Å². The van der Waals surface area contributed by atoms with E-state index in [1.165, 1.54) is 56.0 Å². The summed E-state index contributed by atoms with van der Waals surface area (Å²) in [4.78, 5) is 4.86. The molecule has 0 amide bonds. The van der Waals surface area contributed by atoms with E-state index in [2.05, 4.69) is 80.8 Å². The number of nitrogens with zero attached hydrogens (tertiary/aromatic N) is 2. The highest BCUT2D eigenvalue weighted by Crippen LogP contribution is 2.25. The van der Waals surface area contributed by atoms with Crippen LogP contribution in [0.2, 0.25) is 0 Å². The molecule has 0 radical (unpaired) electrons. The monoisotopic (exact) mass is 406 g/mol. The first-order chi connectivity index (χ1) is 14.5. The Hall–Kier alpha value is -2.29. The average molecular weight is 407 g/mol. The molecule has 0 N–H and O–H groups in total. The Morgan fingerprint density at radius 1 is 0.833 bits per heavy atom. The lowest BCUT2D eigenvalue weighted by atomic mass is 9.87. The summed E-state index contributed by atoms with van der Waals surface area (Å²) in [6.07, 6.45) is 9.22. The molecular weight excluding hydrogens is 368 g/mol. The fourth-order valence-electron chi connectivity index (χ4n) is 3.91. The number of hydrogen-bond acceptors (Lipinski definition) is 2. The topological polar surface area (TPSA) is 27.1 Å². The first-order valence-electron chi connectivity index (χ1n) is 11.7. The number of rotatable bonds is 11. The number of unbranched alkanes of at least 4 members (excludes halogenated alkanes) is 6. The van der Waals surface area contributed by atoms with Gasteiger partial charge in [0.05, 0.1) is 11.0 Å². The van der Waals surface area contributed by atoms with Crippen molar-refractivity contribution >= 4 is 11.0 Å². The summed E-state index contributed by atoms with van der Waals surface area (Å²) >= 11 is 0. The SMILES string of the molecule is CCCCCCCCCn1c(COc2ccc(C(C)(C)C)cc2)nc2ccccc21. The van der Waals surface area contributed by atoms with E-state index in [1.54, 1.807) is 0 Å². The molecule has 3 nitrogen and oxygen atoms in total. The summed E-state index contributed by atoms with van der Waals surface area (Å²) < 4.78 is 8.47. The number of fused-ring (bicyclic) bond motifs is 1. The van der Waals surface area contributed by atoms with Crippen LogP contribution in [0.1, 0.15) is 84.0 Å². The lowest BCUT2D eigenvalue weighted by Gasteiger charge is -2.19. The van der Waals surface area contributed by atoms with Gasteiger partial charge in [-0.25, -0.2) is 4.98 Å². The van der Waals surface area contributed by atoms with Crippen molar-refractivity contribution in [2.45, 2.75) is 91.2 Å². The molecule has 0 bridgehead atoms. The van der Waals surface area contributed by atoms with Crippen molar-refractivity contribution in [2.75, 3.05) is 0 Å². The van der Waals surface area contributed by atoms with Gasteiger partial charge in [-0.2, -0.15) is 0 Å². The van der Waals surface area contributed by atoms with Crippen molar-refractivity contribution in [3.63, 3.8) is 0 Å². The molecule has 0 aliphatic rings. The molecule has 1 heterocycles. The number of benzene rings is 2. The molecule has 30 heavy (non-hydrogen) atoms. The third kappa shape index (κ3) is 6.10. The van der Waals surface area contributed by atoms with Gasteiger partial charge < -0.3 is 9.30 Å². The second kappa shape index (κ2) is 10.7. The molecule has 3 aromatic rings. The molecule has 2 aromatic carbocycles. The maximum atomic E-state index is 6.12. The van der Waals surface area contributed by atoms with Crippen molar-refractivity contribution in [2.24, 2.45) is 0 Å². The highest BCUT2D eigenvalue weighted by Gasteiger charge is 2.14. The van der Waals surface area contributed by atoms with Gasteiger partial charge in [0, 0.05) is 6.54 Å². The van der Waals surface area contributed by atoms with Gasteiger partial charge in [-0.1, -0.05) is 90.5 Å². The van der Waals surface area contributed by atoms with Crippen LogP contribution in [-0.4, -0.2) is 9.55 Å². The van der Waals surface area contributed by atoms with Crippen LogP contribution in [-0.2, 0) is 18.6 Å². The van der Waals surface area contributed by atoms with Crippen LogP contribution < -0.4 is 4.74 Å². The normalized spacial score (nSPS) is 11.9. The predicted molar refractivity (Wildman–Crippen MR) is 127 cm³/mol. The van der Waals surface area contributed by atoms with Gasteiger partial charge in [0.15, 0.2) is 0 Å². The van der Waals surface area contributed by atoms with E-state index in [4.69, 9.17) is 9.72 Å². The van der Waals surface area contributed by atoms with Gasteiger partial charge >= 0.3 is 0 Å². The second-order valence-corrected chi connectivity index (χ2v) is 9.35. The maximum Gasteiger partial charge on any atom is 0.147 e. The van der Waals surface area contributed by atoms with Crippen LogP contribution in [0.3, 0.4) is 0 Å². The number of hydrogen-bond donors (Lipinski definition) is 0. The fourth-order valence-corrected chi connectivity index (χ4v) is 3.91. The molecule has 3 rings (SSSR count). The summed E-state index contributed by atoms with van der Waals surface area (Å²) in [7, 11) is 0.